The van der Waals surface area contributed by atoms with Crippen molar-refractivity contribution in [2.24, 2.45) is 0 Å². The number of aromatic nitrogens is 2. The Morgan fingerprint density at radius 2 is 2.14 bits per heavy atom. The van der Waals surface area contributed by atoms with Crippen molar-refractivity contribution in [1.29, 1.82) is 0 Å². The lowest BCUT2D eigenvalue weighted by atomic mass is 9.90. The highest BCUT2D eigenvalue weighted by molar-refractivity contribution is 8.03. The summed E-state index contributed by atoms with van der Waals surface area (Å²) in [7, 11) is 5.99. The fraction of sp³-hybridized carbons (Fsp3) is 0.483. The molecule has 4 rings (SSSR count). The summed E-state index contributed by atoms with van der Waals surface area (Å²) in [4.78, 5) is 6.02. The molecule has 0 bridgehead atoms. The van der Waals surface area contributed by atoms with Crippen molar-refractivity contribution in [2.75, 3.05) is 59.9 Å². The Hall–Kier alpha value is -2.36. The van der Waals surface area contributed by atoms with Crippen molar-refractivity contribution < 1.29 is 10.2 Å². The third-order valence-corrected chi connectivity index (χ3v) is 7.74. The van der Waals surface area contributed by atoms with E-state index in [-0.39, 0.29) is 11.0 Å². The van der Waals surface area contributed by atoms with E-state index in [2.05, 4.69) is 84.4 Å². The predicted octanol–water partition coefficient (Wildman–Crippen LogP) is 4.12. The number of likely N-dealkylation sites (N-methyl/N-ethyl adjacent to an activating group) is 1. The zero-order valence-electron chi connectivity index (χ0n) is 22.9. The normalized spacial score (nSPS) is 21.9. The van der Waals surface area contributed by atoms with E-state index in [9.17, 15) is 0 Å². The largest absolute Gasteiger partial charge is 0.412 e. The molecule has 0 aromatic carbocycles. The molecule has 0 spiro atoms. The van der Waals surface area contributed by atoms with Crippen LogP contribution in [0.25, 0.3) is 0 Å². The average molecular weight is 528 g/mol. The maximum Gasteiger partial charge on any atom is 0.0816 e. The molecule has 1 aromatic heterocycles. The Bertz CT molecular complexity index is 996. The minimum atomic E-state index is -0.0129. The summed E-state index contributed by atoms with van der Waals surface area (Å²) in [5.41, 5.74) is 4.18. The fourth-order valence-electron chi connectivity index (χ4n) is 4.33. The zero-order chi connectivity index (χ0) is 25.8. The van der Waals surface area contributed by atoms with Crippen LogP contribution < -0.4 is 5.32 Å². The molecule has 3 N–H and O–H groups in total. The second-order valence-electron chi connectivity index (χ2n) is 9.77. The van der Waals surface area contributed by atoms with Crippen molar-refractivity contribution in [3.63, 3.8) is 0 Å². The minimum Gasteiger partial charge on any atom is -0.412 e. The van der Waals surface area contributed by atoms with Gasteiger partial charge >= 0.3 is 0 Å². The number of rotatable bonds is 10. The van der Waals surface area contributed by atoms with Gasteiger partial charge in [-0.2, -0.15) is 5.10 Å². The molecule has 7 nitrogen and oxygen atoms in total. The van der Waals surface area contributed by atoms with Gasteiger partial charge in [-0.05, 0) is 49.6 Å². The zero-order valence-corrected chi connectivity index (χ0v) is 23.8. The van der Waals surface area contributed by atoms with Gasteiger partial charge in [-0.15, -0.1) is 11.8 Å². The second-order valence-corrected chi connectivity index (χ2v) is 10.8. The van der Waals surface area contributed by atoms with Crippen molar-refractivity contribution in [1.82, 2.24) is 24.9 Å². The first kappa shape index (κ1) is 30.9. The Balaban J connectivity index is 0.000000255. The highest BCUT2D eigenvalue weighted by Gasteiger charge is 2.25. The third-order valence-electron chi connectivity index (χ3n) is 6.58. The Kier molecular flexibility index (Phi) is 13.2. The molecule has 0 amide bonds. The van der Waals surface area contributed by atoms with E-state index in [1.165, 1.54) is 21.6 Å². The summed E-state index contributed by atoms with van der Waals surface area (Å²) in [6.45, 7) is 10.8. The predicted molar refractivity (Wildman–Crippen MR) is 157 cm³/mol. The van der Waals surface area contributed by atoms with Crippen molar-refractivity contribution in [2.45, 2.75) is 31.7 Å². The smallest absolute Gasteiger partial charge is 0.0816 e. The van der Waals surface area contributed by atoms with Gasteiger partial charge in [-0.1, -0.05) is 43.0 Å². The first-order chi connectivity index (χ1) is 17.4. The first-order valence-corrected chi connectivity index (χ1v) is 13.7. The summed E-state index contributed by atoms with van der Waals surface area (Å²) in [5.74, 6) is 1.08. The number of hydrogen-bond acceptors (Lipinski definition) is 6. The van der Waals surface area contributed by atoms with Crippen molar-refractivity contribution in [3.05, 3.63) is 89.3 Å². The lowest BCUT2D eigenvalue weighted by Crippen LogP contribution is -2.29. The van der Waals surface area contributed by atoms with Crippen LogP contribution in [0.3, 0.4) is 0 Å². The summed E-state index contributed by atoms with van der Waals surface area (Å²) in [5, 5.41) is 7.66. The average Bonchev–Trinajstić information content (AvgIpc) is 3.57. The molecule has 1 unspecified atom stereocenters. The van der Waals surface area contributed by atoms with E-state index in [1.807, 2.05) is 41.0 Å². The monoisotopic (exact) mass is 527 g/mol. The SMILES string of the molecule is C=CC1=C(/C=C\CNCCOC)CCN(C)C1.CN1C=C(CC2=CCC(C)(n3cccn3)C=C2)SC1.O. The molecular weight excluding hydrogens is 482 g/mol. The van der Waals surface area contributed by atoms with E-state index >= 15 is 0 Å². The van der Waals surface area contributed by atoms with Crippen LogP contribution in [-0.4, -0.2) is 84.9 Å². The van der Waals surface area contributed by atoms with Gasteiger partial charge in [0.1, 0.15) is 0 Å². The molecule has 0 saturated carbocycles. The van der Waals surface area contributed by atoms with Crippen LogP contribution in [0.2, 0.25) is 0 Å². The summed E-state index contributed by atoms with van der Waals surface area (Å²) >= 11 is 1.94. The Morgan fingerprint density at radius 1 is 1.30 bits per heavy atom. The van der Waals surface area contributed by atoms with E-state index in [0.29, 0.717) is 0 Å². The van der Waals surface area contributed by atoms with Crippen LogP contribution in [0.15, 0.2) is 89.3 Å². The highest BCUT2D eigenvalue weighted by Crippen LogP contribution is 2.34. The number of nitrogens with one attached hydrogen (secondary N) is 1. The van der Waals surface area contributed by atoms with E-state index in [4.69, 9.17) is 4.74 Å². The van der Waals surface area contributed by atoms with E-state index < -0.39 is 0 Å². The standard InChI is InChI=1S/C15H19N3S.C14H24N2O.H2O/c1-15(18-9-3-8-16-18)6-4-13(5-7-15)10-14-11-17(2)12-19-14;1-4-13-12-16(2)10-7-14(13)6-5-8-15-9-11-17-3;/h3-6,8-9,11H,7,10,12H2,1-2H3;4-6,15H,1,7-12H2,2-3H3;1H2/b;6-5-;. The van der Waals surface area contributed by atoms with E-state index in [1.54, 1.807) is 7.11 Å². The second kappa shape index (κ2) is 15.8. The maximum atomic E-state index is 4.97. The number of thioether (sulfide) groups is 1. The van der Waals surface area contributed by atoms with Gasteiger partial charge in [-0.25, -0.2) is 0 Å². The maximum absolute atomic E-state index is 4.97. The number of nitrogens with zero attached hydrogens (tertiary/aromatic N) is 4. The summed E-state index contributed by atoms with van der Waals surface area (Å²) in [6.07, 6.45) is 22.6. The van der Waals surface area contributed by atoms with Gasteiger partial charge in [-0.3, -0.25) is 4.68 Å². The van der Waals surface area contributed by atoms with E-state index in [0.717, 1.165) is 57.9 Å². The molecule has 1 aromatic rings. The first-order valence-electron chi connectivity index (χ1n) is 12.7. The van der Waals surface area contributed by atoms with Gasteiger partial charge in [0.25, 0.3) is 0 Å². The molecule has 0 radical (unpaired) electrons. The minimum absolute atomic E-state index is 0. The molecule has 3 heterocycles. The molecule has 3 aliphatic rings. The van der Waals surface area contributed by atoms with Gasteiger partial charge in [0.15, 0.2) is 0 Å². The summed E-state index contributed by atoms with van der Waals surface area (Å²) < 4.78 is 7.01. The van der Waals surface area contributed by atoms with Gasteiger partial charge in [0.2, 0.25) is 0 Å². The van der Waals surface area contributed by atoms with Crippen LogP contribution in [0.1, 0.15) is 26.2 Å². The molecule has 1 aliphatic carbocycles. The van der Waals surface area contributed by atoms with Crippen LogP contribution in [-0.2, 0) is 10.3 Å². The molecule has 0 fully saturated rings. The number of hydrogen-bond donors (Lipinski definition) is 1. The highest BCUT2D eigenvalue weighted by atomic mass is 32.2. The van der Waals surface area contributed by atoms with Crippen LogP contribution in [0.4, 0.5) is 0 Å². The molecule has 8 heteroatoms. The van der Waals surface area contributed by atoms with Gasteiger partial charge < -0.3 is 25.3 Å². The topological polar surface area (TPSA) is 77.1 Å². The third kappa shape index (κ3) is 9.79. The van der Waals surface area contributed by atoms with Crippen LogP contribution in [0.5, 0.6) is 0 Å². The molecular formula is C29H45N5O2S. The Labute approximate surface area is 227 Å². The molecule has 2 aliphatic heterocycles. The summed E-state index contributed by atoms with van der Waals surface area (Å²) in [6, 6.07) is 1.98. The number of methoxy groups -OCH3 is 1. The number of ether oxygens (including phenoxy) is 1. The lowest BCUT2D eigenvalue weighted by molar-refractivity contribution is 0.200. The van der Waals surface area contributed by atoms with Crippen LogP contribution >= 0.6 is 11.8 Å². The Morgan fingerprint density at radius 3 is 2.76 bits per heavy atom. The van der Waals surface area contributed by atoms with Crippen molar-refractivity contribution >= 4 is 11.8 Å². The fourth-order valence-corrected chi connectivity index (χ4v) is 5.29. The molecule has 37 heavy (non-hydrogen) atoms. The molecule has 1 atom stereocenters. The van der Waals surface area contributed by atoms with Crippen molar-refractivity contribution in [3.8, 4) is 0 Å². The van der Waals surface area contributed by atoms with Crippen LogP contribution in [0, 0.1) is 0 Å². The molecule has 204 valence electrons. The number of allylic oxidation sites excluding steroid dienone is 6. The van der Waals surface area contributed by atoms with Gasteiger partial charge in [0, 0.05) is 70.3 Å². The lowest BCUT2D eigenvalue weighted by Gasteiger charge is -2.28. The molecule has 0 saturated heterocycles. The quantitative estimate of drug-likeness (QED) is 0.461. The van der Waals surface area contributed by atoms with Gasteiger partial charge in [0.05, 0.1) is 18.0 Å².